The van der Waals surface area contributed by atoms with Gasteiger partial charge in [0.2, 0.25) is 0 Å². The molecule has 4 nitrogen and oxygen atoms in total. The Hall–Kier alpha value is -0.610. The fraction of sp³-hybridized carbons (Fsp3) is 0.889. The van der Waals surface area contributed by atoms with E-state index in [1.54, 1.807) is 0 Å². The summed E-state index contributed by atoms with van der Waals surface area (Å²) in [6.45, 7) is 6.08. The maximum atomic E-state index is 10.8. The number of cyclic esters (lactones) is 1. The van der Waals surface area contributed by atoms with Gasteiger partial charge in [-0.05, 0) is 20.8 Å². The van der Waals surface area contributed by atoms with Crippen molar-refractivity contribution in [2.75, 3.05) is 6.61 Å². The first-order valence-corrected chi connectivity index (χ1v) is 4.52. The Morgan fingerprint density at radius 3 is 2.54 bits per heavy atom. The molecule has 2 heterocycles. The molecule has 0 spiro atoms. The number of ether oxygens (including phenoxy) is 3. The molecule has 0 aliphatic carbocycles. The van der Waals surface area contributed by atoms with E-state index in [9.17, 15) is 4.79 Å². The minimum atomic E-state index is -0.535. The Morgan fingerprint density at radius 2 is 2.15 bits per heavy atom. The Labute approximate surface area is 77.1 Å². The van der Waals surface area contributed by atoms with Crippen LogP contribution in [0.4, 0.5) is 0 Å². The number of hydrogen-bond acceptors (Lipinski definition) is 4. The summed E-state index contributed by atoms with van der Waals surface area (Å²) in [6, 6.07) is 0. The van der Waals surface area contributed by atoms with Crippen molar-refractivity contribution >= 4 is 5.97 Å². The number of esters is 1. The molecule has 2 aliphatic rings. The summed E-state index contributed by atoms with van der Waals surface area (Å²) in [5.41, 5.74) is 0. The highest BCUT2D eigenvalue weighted by molar-refractivity contribution is 5.78. The molecule has 0 radical (unpaired) electrons. The van der Waals surface area contributed by atoms with Gasteiger partial charge in [0.25, 0.3) is 0 Å². The SMILES string of the molecule is C[C@H]1C(=O)O[C@H]1[C@H]1COC(C)(C)O1. The van der Waals surface area contributed by atoms with Crippen LogP contribution in [0.2, 0.25) is 0 Å². The summed E-state index contributed by atoms with van der Waals surface area (Å²) in [5.74, 6) is -0.729. The summed E-state index contributed by atoms with van der Waals surface area (Å²) in [6.07, 6.45) is -0.211. The topological polar surface area (TPSA) is 44.8 Å². The summed E-state index contributed by atoms with van der Waals surface area (Å²) in [4.78, 5) is 10.8. The Morgan fingerprint density at radius 1 is 1.46 bits per heavy atom. The lowest BCUT2D eigenvalue weighted by Crippen LogP contribution is -2.51. The monoisotopic (exact) mass is 186 g/mol. The zero-order valence-corrected chi connectivity index (χ0v) is 8.07. The number of hydrogen-bond donors (Lipinski definition) is 0. The lowest BCUT2D eigenvalue weighted by molar-refractivity contribution is -0.207. The second-order valence-corrected chi connectivity index (χ2v) is 4.06. The summed E-state index contributed by atoms with van der Waals surface area (Å²) < 4.78 is 15.9. The molecular weight excluding hydrogens is 172 g/mol. The molecule has 0 unspecified atom stereocenters. The second-order valence-electron chi connectivity index (χ2n) is 4.06. The predicted octanol–water partition coefficient (Wildman–Crippen LogP) is 0.699. The lowest BCUT2D eigenvalue weighted by Gasteiger charge is -2.36. The number of rotatable bonds is 1. The largest absolute Gasteiger partial charge is 0.458 e. The molecule has 0 N–H and O–H groups in total. The van der Waals surface area contributed by atoms with E-state index >= 15 is 0 Å². The van der Waals surface area contributed by atoms with Crippen LogP contribution in [-0.2, 0) is 19.0 Å². The van der Waals surface area contributed by atoms with E-state index in [-0.39, 0.29) is 24.1 Å². The Balaban J connectivity index is 1.94. The predicted molar refractivity (Wildman–Crippen MR) is 43.9 cm³/mol. The van der Waals surface area contributed by atoms with E-state index in [0.717, 1.165) is 0 Å². The minimum absolute atomic E-state index is 0.0532. The fourth-order valence-electron chi connectivity index (χ4n) is 1.68. The van der Waals surface area contributed by atoms with Gasteiger partial charge in [-0.1, -0.05) is 0 Å². The van der Waals surface area contributed by atoms with Crippen LogP contribution < -0.4 is 0 Å². The van der Waals surface area contributed by atoms with Crippen LogP contribution in [-0.4, -0.2) is 30.6 Å². The molecule has 2 saturated heterocycles. The first kappa shape index (κ1) is 8.97. The van der Waals surface area contributed by atoms with E-state index < -0.39 is 5.79 Å². The van der Waals surface area contributed by atoms with Crippen LogP contribution in [0.1, 0.15) is 20.8 Å². The van der Waals surface area contributed by atoms with E-state index in [2.05, 4.69) is 0 Å². The van der Waals surface area contributed by atoms with Crippen molar-refractivity contribution in [2.24, 2.45) is 5.92 Å². The molecule has 0 bridgehead atoms. The molecule has 2 fully saturated rings. The van der Waals surface area contributed by atoms with Gasteiger partial charge in [-0.25, -0.2) is 0 Å². The molecule has 3 atom stereocenters. The van der Waals surface area contributed by atoms with Crippen molar-refractivity contribution in [3.05, 3.63) is 0 Å². The van der Waals surface area contributed by atoms with Crippen LogP contribution in [0.3, 0.4) is 0 Å². The average Bonchev–Trinajstić information content (AvgIpc) is 2.40. The number of carbonyl (C=O) groups excluding carboxylic acids is 1. The van der Waals surface area contributed by atoms with Crippen molar-refractivity contribution < 1.29 is 19.0 Å². The molecule has 0 saturated carbocycles. The first-order valence-electron chi connectivity index (χ1n) is 4.52. The maximum absolute atomic E-state index is 10.8. The van der Waals surface area contributed by atoms with Gasteiger partial charge in [0.1, 0.15) is 12.2 Å². The molecule has 2 aliphatic heterocycles. The van der Waals surface area contributed by atoms with Gasteiger partial charge >= 0.3 is 5.97 Å². The van der Waals surface area contributed by atoms with Gasteiger partial charge in [0.05, 0.1) is 12.5 Å². The summed E-state index contributed by atoms with van der Waals surface area (Å²) in [5, 5.41) is 0. The molecule has 0 aromatic carbocycles. The lowest BCUT2D eigenvalue weighted by atomic mass is 9.95. The van der Waals surface area contributed by atoms with Crippen LogP contribution >= 0.6 is 0 Å². The molecule has 0 aromatic heterocycles. The normalized spacial score (nSPS) is 42.7. The molecule has 74 valence electrons. The van der Waals surface area contributed by atoms with Gasteiger partial charge < -0.3 is 14.2 Å². The molecular formula is C9H14O4. The average molecular weight is 186 g/mol. The summed E-state index contributed by atoms with van der Waals surface area (Å²) in [7, 11) is 0. The maximum Gasteiger partial charge on any atom is 0.312 e. The highest BCUT2D eigenvalue weighted by atomic mass is 16.8. The minimum Gasteiger partial charge on any atom is -0.458 e. The van der Waals surface area contributed by atoms with Gasteiger partial charge in [-0.3, -0.25) is 4.79 Å². The Bertz CT molecular complexity index is 236. The molecule has 13 heavy (non-hydrogen) atoms. The van der Waals surface area contributed by atoms with Crippen LogP contribution in [0, 0.1) is 5.92 Å². The molecule has 2 rings (SSSR count). The van der Waals surface area contributed by atoms with Crippen LogP contribution in [0.5, 0.6) is 0 Å². The molecule has 0 amide bonds. The van der Waals surface area contributed by atoms with Crippen LogP contribution in [0.15, 0.2) is 0 Å². The fourth-order valence-corrected chi connectivity index (χ4v) is 1.68. The third kappa shape index (κ3) is 1.44. The van der Waals surface area contributed by atoms with Crippen LogP contribution in [0.25, 0.3) is 0 Å². The molecule has 0 aromatic rings. The van der Waals surface area contributed by atoms with Gasteiger partial charge in [0, 0.05) is 0 Å². The van der Waals surface area contributed by atoms with Gasteiger partial charge in [-0.15, -0.1) is 0 Å². The van der Waals surface area contributed by atoms with Crippen molar-refractivity contribution in [2.45, 2.75) is 38.8 Å². The zero-order chi connectivity index (χ0) is 9.64. The summed E-state index contributed by atoms with van der Waals surface area (Å²) >= 11 is 0. The Kier molecular flexibility index (Phi) is 1.85. The van der Waals surface area contributed by atoms with Crippen molar-refractivity contribution in [3.8, 4) is 0 Å². The van der Waals surface area contributed by atoms with Crippen molar-refractivity contribution in [3.63, 3.8) is 0 Å². The highest BCUT2D eigenvalue weighted by Gasteiger charge is 2.49. The van der Waals surface area contributed by atoms with E-state index in [1.807, 2.05) is 20.8 Å². The molecule has 4 heteroatoms. The van der Waals surface area contributed by atoms with Crippen molar-refractivity contribution in [1.82, 2.24) is 0 Å². The van der Waals surface area contributed by atoms with E-state index in [1.165, 1.54) is 0 Å². The standard InChI is InChI=1S/C9H14O4/c1-5-7(12-8(5)10)6-4-11-9(2,3)13-6/h5-7H,4H2,1-3H3/t5-,6-,7-/m1/s1. The van der Waals surface area contributed by atoms with Crippen molar-refractivity contribution in [1.29, 1.82) is 0 Å². The third-order valence-electron chi connectivity index (χ3n) is 2.51. The highest BCUT2D eigenvalue weighted by Crippen LogP contribution is 2.33. The second kappa shape index (κ2) is 2.69. The van der Waals surface area contributed by atoms with Gasteiger partial charge in [0.15, 0.2) is 5.79 Å². The van der Waals surface area contributed by atoms with E-state index in [4.69, 9.17) is 14.2 Å². The van der Waals surface area contributed by atoms with Gasteiger partial charge in [-0.2, -0.15) is 0 Å². The first-order chi connectivity index (χ1) is 5.99. The quantitative estimate of drug-likeness (QED) is 0.565. The smallest absolute Gasteiger partial charge is 0.312 e. The third-order valence-corrected chi connectivity index (χ3v) is 2.51. The zero-order valence-electron chi connectivity index (χ0n) is 8.07. The van der Waals surface area contributed by atoms with E-state index in [0.29, 0.717) is 6.61 Å². The number of carbonyl (C=O) groups is 1.